The van der Waals surface area contributed by atoms with Gasteiger partial charge in [-0.05, 0) is 31.5 Å². The molecular formula is C17H19N5O. The van der Waals surface area contributed by atoms with E-state index in [0.29, 0.717) is 12.2 Å². The number of rotatable bonds is 6. The molecule has 0 saturated carbocycles. The van der Waals surface area contributed by atoms with Gasteiger partial charge in [0.2, 0.25) is 0 Å². The molecule has 0 aliphatic carbocycles. The van der Waals surface area contributed by atoms with Crippen molar-refractivity contribution in [3.05, 3.63) is 66.5 Å². The Labute approximate surface area is 134 Å². The Morgan fingerprint density at radius 2 is 2.09 bits per heavy atom. The zero-order chi connectivity index (χ0) is 16.1. The predicted molar refractivity (Wildman–Crippen MR) is 87.5 cm³/mol. The minimum atomic E-state index is -0.156. The van der Waals surface area contributed by atoms with E-state index < -0.39 is 0 Å². The van der Waals surface area contributed by atoms with Crippen molar-refractivity contribution in [3.8, 4) is 5.69 Å². The first-order valence-electron chi connectivity index (χ1n) is 7.59. The molecule has 3 rings (SSSR count). The van der Waals surface area contributed by atoms with Crippen LogP contribution >= 0.6 is 0 Å². The molecule has 0 spiro atoms. The van der Waals surface area contributed by atoms with Crippen LogP contribution in [-0.4, -0.2) is 31.8 Å². The lowest BCUT2D eigenvalue weighted by Gasteiger charge is -2.04. The summed E-state index contributed by atoms with van der Waals surface area (Å²) in [5.41, 5.74) is 2.61. The number of carbonyl (C=O) groups is 1. The lowest BCUT2D eigenvalue weighted by atomic mass is 10.2. The van der Waals surface area contributed by atoms with E-state index in [2.05, 4.69) is 15.4 Å². The van der Waals surface area contributed by atoms with Crippen LogP contribution in [-0.2, 0) is 6.54 Å². The molecule has 0 aliphatic heterocycles. The molecule has 118 valence electrons. The SMILES string of the molecule is Cc1ccc(-n2cnc(C(=O)NCCCn3cccn3)c2)cc1. The number of nitrogens with one attached hydrogen (secondary N) is 1. The average Bonchev–Trinajstić information content (AvgIpc) is 3.24. The standard InChI is InChI=1S/C17H19N5O/c1-14-4-6-15(7-5-14)21-12-16(19-13-21)17(23)18-8-2-10-22-11-3-9-20-22/h3-7,9,11-13H,2,8,10H2,1H3,(H,18,23). The molecule has 2 heterocycles. The van der Waals surface area contributed by atoms with Crippen molar-refractivity contribution in [2.45, 2.75) is 19.9 Å². The third-order valence-corrected chi connectivity index (χ3v) is 3.56. The Morgan fingerprint density at radius 1 is 1.26 bits per heavy atom. The molecule has 0 radical (unpaired) electrons. The monoisotopic (exact) mass is 309 g/mol. The lowest BCUT2D eigenvalue weighted by Crippen LogP contribution is -2.25. The number of hydrogen-bond acceptors (Lipinski definition) is 3. The van der Waals surface area contributed by atoms with Gasteiger partial charge < -0.3 is 9.88 Å². The van der Waals surface area contributed by atoms with Gasteiger partial charge in [0.15, 0.2) is 0 Å². The van der Waals surface area contributed by atoms with Crippen LogP contribution in [0, 0.1) is 6.92 Å². The van der Waals surface area contributed by atoms with Crippen molar-refractivity contribution in [1.29, 1.82) is 0 Å². The summed E-state index contributed by atoms with van der Waals surface area (Å²) in [6.45, 7) is 3.42. The Kier molecular flexibility index (Phi) is 4.52. The van der Waals surface area contributed by atoms with Crippen LogP contribution < -0.4 is 5.32 Å². The molecule has 1 amide bonds. The summed E-state index contributed by atoms with van der Waals surface area (Å²) in [5.74, 6) is -0.156. The largest absolute Gasteiger partial charge is 0.351 e. The van der Waals surface area contributed by atoms with E-state index in [1.54, 1.807) is 18.7 Å². The maximum Gasteiger partial charge on any atom is 0.271 e. The topological polar surface area (TPSA) is 64.7 Å². The summed E-state index contributed by atoms with van der Waals surface area (Å²) in [7, 11) is 0. The van der Waals surface area contributed by atoms with Gasteiger partial charge in [0, 0.05) is 37.4 Å². The fraction of sp³-hybridized carbons (Fsp3) is 0.235. The minimum absolute atomic E-state index is 0.156. The Morgan fingerprint density at radius 3 is 2.83 bits per heavy atom. The molecule has 1 aromatic carbocycles. The van der Waals surface area contributed by atoms with Gasteiger partial charge >= 0.3 is 0 Å². The quantitative estimate of drug-likeness (QED) is 0.710. The molecule has 2 aromatic heterocycles. The summed E-state index contributed by atoms with van der Waals surface area (Å²) in [4.78, 5) is 16.3. The first kappa shape index (κ1) is 15.0. The van der Waals surface area contributed by atoms with Gasteiger partial charge in [-0.15, -0.1) is 0 Å². The summed E-state index contributed by atoms with van der Waals surface area (Å²) in [6.07, 6.45) is 7.88. The normalized spacial score (nSPS) is 10.7. The Bertz CT molecular complexity index is 759. The average molecular weight is 309 g/mol. The highest BCUT2D eigenvalue weighted by molar-refractivity contribution is 5.92. The number of nitrogens with zero attached hydrogens (tertiary/aromatic N) is 4. The maximum atomic E-state index is 12.1. The van der Waals surface area contributed by atoms with Crippen molar-refractivity contribution in [3.63, 3.8) is 0 Å². The fourth-order valence-corrected chi connectivity index (χ4v) is 2.26. The molecule has 1 N–H and O–H groups in total. The number of benzene rings is 1. The molecule has 0 aliphatic rings. The lowest BCUT2D eigenvalue weighted by molar-refractivity contribution is 0.0948. The summed E-state index contributed by atoms with van der Waals surface area (Å²) < 4.78 is 3.69. The zero-order valence-electron chi connectivity index (χ0n) is 13.0. The summed E-state index contributed by atoms with van der Waals surface area (Å²) in [6, 6.07) is 9.95. The van der Waals surface area contributed by atoms with Crippen molar-refractivity contribution in [2.75, 3.05) is 6.54 Å². The highest BCUT2D eigenvalue weighted by atomic mass is 16.1. The van der Waals surface area contributed by atoms with E-state index in [0.717, 1.165) is 18.7 Å². The molecule has 0 bridgehead atoms. The second-order valence-corrected chi connectivity index (χ2v) is 5.38. The Balaban J connectivity index is 1.52. The second kappa shape index (κ2) is 6.91. The number of amides is 1. The summed E-state index contributed by atoms with van der Waals surface area (Å²) in [5, 5.41) is 7.00. The number of hydrogen-bond donors (Lipinski definition) is 1. The molecule has 6 nitrogen and oxygen atoms in total. The third kappa shape index (κ3) is 3.85. The van der Waals surface area contributed by atoms with E-state index in [4.69, 9.17) is 0 Å². The number of aryl methyl sites for hydroxylation is 2. The van der Waals surface area contributed by atoms with E-state index in [9.17, 15) is 4.79 Å². The molecule has 0 saturated heterocycles. The zero-order valence-corrected chi connectivity index (χ0v) is 13.0. The second-order valence-electron chi connectivity index (χ2n) is 5.38. The minimum Gasteiger partial charge on any atom is -0.351 e. The summed E-state index contributed by atoms with van der Waals surface area (Å²) >= 11 is 0. The molecule has 0 fully saturated rings. The molecule has 0 atom stereocenters. The van der Waals surface area contributed by atoms with Gasteiger partial charge in [0.1, 0.15) is 12.0 Å². The fourth-order valence-electron chi connectivity index (χ4n) is 2.26. The van der Waals surface area contributed by atoms with Gasteiger partial charge in [0.05, 0.1) is 0 Å². The van der Waals surface area contributed by atoms with Crippen LogP contribution in [0.25, 0.3) is 5.69 Å². The van der Waals surface area contributed by atoms with Gasteiger partial charge in [-0.1, -0.05) is 17.7 Å². The van der Waals surface area contributed by atoms with E-state index in [1.807, 2.05) is 52.7 Å². The van der Waals surface area contributed by atoms with Crippen LogP contribution in [0.1, 0.15) is 22.5 Å². The van der Waals surface area contributed by atoms with Crippen LogP contribution in [0.15, 0.2) is 55.2 Å². The molecule has 23 heavy (non-hydrogen) atoms. The smallest absolute Gasteiger partial charge is 0.271 e. The van der Waals surface area contributed by atoms with E-state index in [-0.39, 0.29) is 5.91 Å². The number of aromatic nitrogens is 4. The highest BCUT2D eigenvalue weighted by Gasteiger charge is 2.09. The van der Waals surface area contributed by atoms with Gasteiger partial charge in [-0.3, -0.25) is 9.48 Å². The van der Waals surface area contributed by atoms with E-state index in [1.165, 1.54) is 5.56 Å². The predicted octanol–water partition coefficient (Wildman–Crippen LogP) is 2.20. The number of imidazole rings is 1. The van der Waals surface area contributed by atoms with Crippen molar-refractivity contribution >= 4 is 5.91 Å². The first-order valence-corrected chi connectivity index (χ1v) is 7.59. The Hall–Kier alpha value is -2.89. The van der Waals surface area contributed by atoms with Crippen molar-refractivity contribution in [2.24, 2.45) is 0 Å². The maximum absolute atomic E-state index is 12.1. The first-order chi connectivity index (χ1) is 11.2. The molecule has 0 unspecified atom stereocenters. The highest BCUT2D eigenvalue weighted by Crippen LogP contribution is 2.10. The van der Waals surface area contributed by atoms with Crippen molar-refractivity contribution < 1.29 is 4.79 Å². The molecule has 6 heteroatoms. The van der Waals surface area contributed by atoms with Crippen LogP contribution in [0.4, 0.5) is 0 Å². The van der Waals surface area contributed by atoms with Crippen LogP contribution in [0.3, 0.4) is 0 Å². The third-order valence-electron chi connectivity index (χ3n) is 3.56. The van der Waals surface area contributed by atoms with Gasteiger partial charge in [-0.25, -0.2) is 4.98 Å². The van der Waals surface area contributed by atoms with E-state index >= 15 is 0 Å². The van der Waals surface area contributed by atoms with Gasteiger partial charge in [-0.2, -0.15) is 5.10 Å². The van der Waals surface area contributed by atoms with Crippen LogP contribution in [0.5, 0.6) is 0 Å². The molecular weight excluding hydrogens is 290 g/mol. The van der Waals surface area contributed by atoms with Crippen molar-refractivity contribution in [1.82, 2.24) is 24.6 Å². The number of carbonyl (C=O) groups excluding carboxylic acids is 1. The van der Waals surface area contributed by atoms with Crippen LogP contribution in [0.2, 0.25) is 0 Å². The molecule has 3 aromatic rings. The van der Waals surface area contributed by atoms with Gasteiger partial charge in [0.25, 0.3) is 5.91 Å².